The smallest absolute Gasteiger partial charge is 0.326 e. The van der Waals surface area contributed by atoms with E-state index in [0.717, 1.165) is 5.56 Å². The van der Waals surface area contributed by atoms with Crippen LogP contribution in [-0.4, -0.2) is 5.97 Å². The lowest BCUT2D eigenvalue weighted by atomic mass is 10.1. The van der Waals surface area contributed by atoms with Crippen molar-refractivity contribution in [1.29, 1.82) is 0 Å². The van der Waals surface area contributed by atoms with Crippen LogP contribution in [0.1, 0.15) is 11.1 Å². The first-order valence-corrected chi connectivity index (χ1v) is 3.85. The Kier molecular flexibility index (Phi) is 3.40. The van der Waals surface area contributed by atoms with Crippen LogP contribution in [0.2, 0.25) is 0 Å². The van der Waals surface area contributed by atoms with Crippen molar-refractivity contribution in [3.8, 4) is 0 Å². The van der Waals surface area contributed by atoms with Crippen LogP contribution >= 0.6 is 0 Å². The molecule has 0 aromatic heterocycles. The Bertz CT molecular complexity index is 284. The fourth-order valence-corrected chi connectivity index (χ4v) is 0.987. The van der Waals surface area contributed by atoms with Gasteiger partial charge in [-0.3, -0.25) is 4.94 Å². The third-order valence-corrected chi connectivity index (χ3v) is 1.69. The van der Waals surface area contributed by atoms with Crippen LogP contribution in [0.4, 0.5) is 4.53 Å². The summed E-state index contributed by atoms with van der Waals surface area (Å²) in [6.07, 6.45) is -0.0542. The highest BCUT2D eigenvalue weighted by atomic mass is 19.3. The van der Waals surface area contributed by atoms with Crippen molar-refractivity contribution >= 4 is 5.97 Å². The minimum Gasteiger partial charge on any atom is -0.326 e. The van der Waals surface area contributed by atoms with E-state index in [2.05, 4.69) is 4.94 Å². The summed E-state index contributed by atoms with van der Waals surface area (Å²) in [5.74, 6) is -0.888. The summed E-state index contributed by atoms with van der Waals surface area (Å²) in [5, 5.41) is 0. The monoisotopic (exact) mass is 183 g/mol. The molecule has 0 radical (unpaired) electrons. The summed E-state index contributed by atoms with van der Waals surface area (Å²) in [5.41, 5.74) is 7.05. The van der Waals surface area contributed by atoms with Gasteiger partial charge < -0.3 is 5.73 Å². The molecule has 0 aliphatic heterocycles. The molecule has 0 saturated carbocycles. The van der Waals surface area contributed by atoms with Crippen molar-refractivity contribution in [2.75, 3.05) is 0 Å². The minimum absolute atomic E-state index is 0.0542. The number of carbonyl (C=O) groups excluding carboxylic acids is 1. The van der Waals surface area contributed by atoms with E-state index in [0.29, 0.717) is 12.1 Å². The molecular formula is C9H10FNO2. The van der Waals surface area contributed by atoms with Crippen LogP contribution in [0.3, 0.4) is 0 Å². The lowest BCUT2D eigenvalue weighted by Crippen LogP contribution is -2.02. The van der Waals surface area contributed by atoms with Crippen molar-refractivity contribution in [2.24, 2.45) is 5.73 Å². The summed E-state index contributed by atoms with van der Waals surface area (Å²) < 4.78 is 11.3. The molecule has 0 fully saturated rings. The number of hydrogen-bond donors (Lipinski definition) is 1. The van der Waals surface area contributed by atoms with Gasteiger partial charge in [-0.15, -0.1) is 0 Å². The second kappa shape index (κ2) is 4.57. The van der Waals surface area contributed by atoms with E-state index in [1.807, 2.05) is 0 Å². The van der Waals surface area contributed by atoms with Crippen LogP contribution < -0.4 is 5.73 Å². The topological polar surface area (TPSA) is 52.3 Å². The zero-order valence-corrected chi connectivity index (χ0v) is 7.00. The summed E-state index contributed by atoms with van der Waals surface area (Å²) in [4.78, 5) is 13.6. The highest BCUT2D eigenvalue weighted by Gasteiger charge is 2.04. The molecule has 4 heteroatoms. The van der Waals surface area contributed by atoms with Crippen molar-refractivity contribution in [1.82, 2.24) is 0 Å². The molecule has 0 heterocycles. The van der Waals surface area contributed by atoms with Crippen LogP contribution in [0.5, 0.6) is 0 Å². The second-order valence-corrected chi connectivity index (χ2v) is 2.65. The zero-order valence-electron chi connectivity index (χ0n) is 7.00. The van der Waals surface area contributed by atoms with Gasteiger partial charge in [0, 0.05) is 11.1 Å². The van der Waals surface area contributed by atoms with E-state index in [1.165, 1.54) is 0 Å². The van der Waals surface area contributed by atoms with Gasteiger partial charge in [0.2, 0.25) is 0 Å². The molecule has 1 rings (SSSR count). The van der Waals surface area contributed by atoms with Crippen molar-refractivity contribution in [2.45, 2.75) is 13.0 Å². The quantitative estimate of drug-likeness (QED) is 0.763. The molecule has 3 nitrogen and oxygen atoms in total. The second-order valence-electron chi connectivity index (χ2n) is 2.65. The van der Waals surface area contributed by atoms with Gasteiger partial charge >= 0.3 is 5.97 Å². The van der Waals surface area contributed by atoms with Gasteiger partial charge in [-0.2, -0.15) is 0 Å². The summed E-state index contributed by atoms with van der Waals surface area (Å²) in [6, 6.07) is 7.03. The van der Waals surface area contributed by atoms with Crippen molar-refractivity contribution < 1.29 is 14.3 Å². The maximum Gasteiger partial charge on any atom is 0.353 e. The van der Waals surface area contributed by atoms with E-state index < -0.39 is 5.97 Å². The third kappa shape index (κ3) is 2.83. The summed E-state index contributed by atoms with van der Waals surface area (Å²) in [7, 11) is 0. The molecule has 1 aromatic carbocycles. The number of carbonyl (C=O) groups is 1. The maximum absolute atomic E-state index is 11.3. The molecule has 70 valence electrons. The summed E-state index contributed by atoms with van der Waals surface area (Å²) in [6.45, 7) is 0.452. The van der Waals surface area contributed by atoms with Crippen LogP contribution in [0.25, 0.3) is 0 Å². The fourth-order valence-electron chi connectivity index (χ4n) is 0.987. The van der Waals surface area contributed by atoms with Gasteiger partial charge in [0.05, 0.1) is 6.42 Å². The van der Waals surface area contributed by atoms with Crippen LogP contribution in [0.15, 0.2) is 24.3 Å². The van der Waals surface area contributed by atoms with E-state index in [4.69, 9.17) is 5.73 Å². The zero-order chi connectivity index (χ0) is 9.68. The van der Waals surface area contributed by atoms with Gasteiger partial charge in [0.25, 0.3) is 0 Å². The number of rotatable bonds is 3. The lowest BCUT2D eigenvalue weighted by Gasteiger charge is -1.99. The van der Waals surface area contributed by atoms with Crippen LogP contribution in [0, 0.1) is 0 Å². The third-order valence-electron chi connectivity index (χ3n) is 1.69. The van der Waals surface area contributed by atoms with Crippen LogP contribution in [-0.2, 0) is 22.7 Å². The molecule has 0 spiro atoms. The lowest BCUT2D eigenvalue weighted by molar-refractivity contribution is -0.182. The number of benzene rings is 1. The highest BCUT2D eigenvalue weighted by Crippen LogP contribution is 2.05. The molecule has 0 saturated heterocycles. The molecule has 2 N–H and O–H groups in total. The first-order chi connectivity index (χ1) is 6.26. The normalized spacial score (nSPS) is 9.69. The Hall–Kier alpha value is -1.42. The standard InChI is InChI=1S/C9H10FNO2/c10-13-9(12)5-7-1-3-8(6-11)4-2-7/h1-4H,5-6,11H2. The average molecular weight is 183 g/mol. The van der Waals surface area contributed by atoms with Gasteiger partial charge in [-0.25, -0.2) is 4.79 Å². The van der Waals surface area contributed by atoms with Gasteiger partial charge in [-0.05, 0) is 11.1 Å². The van der Waals surface area contributed by atoms with E-state index in [-0.39, 0.29) is 6.42 Å². The van der Waals surface area contributed by atoms with Crippen molar-refractivity contribution in [3.05, 3.63) is 35.4 Å². The Morgan fingerprint density at radius 3 is 2.31 bits per heavy atom. The maximum atomic E-state index is 11.3. The number of hydrogen-bond acceptors (Lipinski definition) is 3. The minimum atomic E-state index is -0.888. The highest BCUT2D eigenvalue weighted by molar-refractivity contribution is 5.71. The Labute approximate surface area is 75.2 Å². The van der Waals surface area contributed by atoms with Gasteiger partial charge in [0.1, 0.15) is 0 Å². The van der Waals surface area contributed by atoms with E-state index >= 15 is 0 Å². The predicted octanol–water partition coefficient (Wildman–Crippen LogP) is 1.12. The summed E-state index contributed by atoms with van der Waals surface area (Å²) >= 11 is 0. The molecular weight excluding hydrogens is 173 g/mol. The Balaban J connectivity index is 2.64. The predicted molar refractivity (Wildman–Crippen MR) is 45.2 cm³/mol. The first-order valence-electron chi connectivity index (χ1n) is 3.85. The Morgan fingerprint density at radius 1 is 1.31 bits per heavy atom. The van der Waals surface area contributed by atoms with E-state index in [1.54, 1.807) is 24.3 Å². The van der Waals surface area contributed by atoms with Gasteiger partial charge in [-0.1, -0.05) is 24.3 Å². The molecule has 0 atom stereocenters. The average Bonchev–Trinajstić information content (AvgIpc) is 2.19. The fraction of sp³-hybridized carbons (Fsp3) is 0.222. The molecule has 0 unspecified atom stereocenters. The van der Waals surface area contributed by atoms with Crippen molar-refractivity contribution in [3.63, 3.8) is 0 Å². The molecule has 13 heavy (non-hydrogen) atoms. The number of halogens is 1. The first kappa shape index (κ1) is 9.67. The SMILES string of the molecule is NCc1ccc(CC(=O)OF)cc1. The number of nitrogens with two attached hydrogens (primary N) is 1. The molecule has 1 aromatic rings. The van der Waals surface area contributed by atoms with Gasteiger partial charge in [0.15, 0.2) is 0 Å². The molecule has 0 bridgehead atoms. The molecule has 0 aliphatic carbocycles. The molecule has 0 amide bonds. The largest absolute Gasteiger partial charge is 0.353 e. The molecule has 0 aliphatic rings. The Morgan fingerprint density at radius 2 is 1.85 bits per heavy atom. The van der Waals surface area contributed by atoms with E-state index in [9.17, 15) is 9.32 Å².